The highest BCUT2D eigenvalue weighted by molar-refractivity contribution is 9.10. The van der Waals surface area contributed by atoms with Gasteiger partial charge in [-0.25, -0.2) is 13.8 Å². The lowest BCUT2D eigenvalue weighted by Gasteiger charge is -2.11. The van der Waals surface area contributed by atoms with Crippen molar-refractivity contribution in [2.75, 3.05) is 0 Å². The second kappa shape index (κ2) is 5.39. The van der Waals surface area contributed by atoms with Gasteiger partial charge >= 0.3 is 0 Å². The minimum absolute atomic E-state index is 0.0928. The highest BCUT2D eigenvalue weighted by Crippen LogP contribution is 2.30. The van der Waals surface area contributed by atoms with Crippen molar-refractivity contribution in [1.29, 1.82) is 0 Å². The molecule has 108 valence electrons. The van der Waals surface area contributed by atoms with Crippen LogP contribution in [0.5, 0.6) is 0 Å². The van der Waals surface area contributed by atoms with E-state index >= 15 is 0 Å². The van der Waals surface area contributed by atoms with Gasteiger partial charge in [-0.2, -0.15) is 0 Å². The van der Waals surface area contributed by atoms with E-state index in [1.807, 2.05) is 25.1 Å². The third-order valence-electron chi connectivity index (χ3n) is 3.24. The van der Waals surface area contributed by atoms with Gasteiger partial charge < -0.3 is 0 Å². The van der Waals surface area contributed by atoms with Crippen molar-refractivity contribution in [3.8, 4) is 5.69 Å². The number of nitrogens with zero attached hydrogens (tertiary/aromatic N) is 2. The number of aromatic nitrogens is 2. The van der Waals surface area contributed by atoms with Gasteiger partial charge in [0.05, 0.1) is 17.1 Å². The fraction of sp³-hybridized carbons (Fsp3) is 0.133. The standard InChI is InChI=1S/C15H10BrClF2N2/c1-8-2-5-12(9(16)6-8)21-13(7-17)20-11-4-3-10(18)14(19)15(11)21/h2-6H,7H2,1H3. The van der Waals surface area contributed by atoms with Crippen LogP contribution in [0.15, 0.2) is 34.8 Å². The van der Waals surface area contributed by atoms with Crippen molar-refractivity contribution in [3.05, 3.63) is 57.8 Å². The minimum atomic E-state index is -0.927. The van der Waals surface area contributed by atoms with Crippen LogP contribution >= 0.6 is 27.5 Å². The number of rotatable bonds is 2. The number of alkyl halides is 1. The van der Waals surface area contributed by atoms with Crippen LogP contribution in [0.25, 0.3) is 16.7 Å². The van der Waals surface area contributed by atoms with Crippen LogP contribution in [-0.4, -0.2) is 9.55 Å². The summed E-state index contributed by atoms with van der Waals surface area (Å²) in [5.74, 6) is -1.28. The average molecular weight is 372 g/mol. The monoisotopic (exact) mass is 370 g/mol. The first-order valence-corrected chi connectivity index (χ1v) is 7.53. The summed E-state index contributed by atoms with van der Waals surface area (Å²) in [4.78, 5) is 4.28. The largest absolute Gasteiger partial charge is 0.291 e. The summed E-state index contributed by atoms with van der Waals surface area (Å²) in [6.07, 6.45) is 0. The van der Waals surface area contributed by atoms with Gasteiger partial charge in [0.1, 0.15) is 11.3 Å². The van der Waals surface area contributed by atoms with Crippen molar-refractivity contribution >= 4 is 38.6 Å². The average Bonchev–Trinajstić information content (AvgIpc) is 2.82. The van der Waals surface area contributed by atoms with Gasteiger partial charge in [-0.15, -0.1) is 11.6 Å². The van der Waals surface area contributed by atoms with Crippen LogP contribution in [0.4, 0.5) is 8.78 Å². The van der Waals surface area contributed by atoms with Crippen molar-refractivity contribution < 1.29 is 8.78 Å². The molecule has 0 amide bonds. The molecular weight excluding hydrogens is 362 g/mol. The Labute approximate surface area is 133 Å². The molecule has 3 aromatic rings. The van der Waals surface area contributed by atoms with Gasteiger partial charge in [0.25, 0.3) is 0 Å². The summed E-state index contributed by atoms with van der Waals surface area (Å²) in [6, 6.07) is 8.12. The van der Waals surface area contributed by atoms with E-state index in [0.717, 1.165) is 16.1 Å². The van der Waals surface area contributed by atoms with Gasteiger partial charge in [0, 0.05) is 4.47 Å². The van der Waals surface area contributed by atoms with Crippen molar-refractivity contribution in [2.24, 2.45) is 0 Å². The Balaban J connectivity index is 2.42. The Bertz CT molecular complexity index is 845. The van der Waals surface area contributed by atoms with Crippen LogP contribution in [0, 0.1) is 18.6 Å². The van der Waals surface area contributed by atoms with Crippen molar-refractivity contribution in [3.63, 3.8) is 0 Å². The first kappa shape index (κ1) is 14.5. The van der Waals surface area contributed by atoms with E-state index in [-0.39, 0.29) is 11.4 Å². The van der Waals surface area contributed by atoms with Crippen LogP contribution in [0.2, 0.25) is 0 Å². The molecule has 1 aromatic heterocycles. The molecule has 6 heteroatoms. The van der Waals surface area contributed by atoms with Gasteiger partial charge in [-0.05, 0) is 52.7 Å². The smallest absolute Gasteiger partial charge is 0.185 e. The molecule has 0 unspecified atom stereocenters. The van der Waals surface area contributed by atoms with Crippen molar-refractivity contribution in [1.82, 2.24) is 9.55 Å². The summed E-state index contributed by atoms with van der Waals surface area (Å²) < 4.78 is 30.1. The van der Waals surface area contributed by atoms with E-state index in [9.17, 15) is 8.78 Å². The quantitative estimate of drug-likeness (QED) is 0.572. The minimum Gasteiger partial charge on any atom is -0.291 e. The van der Waals surface area contributed by atoms with Gasteiger partial charge in [-0.3, -0.25) is 4.57 Å². The molecule has 0 spiro atoms. The third-order valence-corrected chi connectivity index (χ3v) is 4.12. The van der Waals surface area contributed by atoms with Crippen LogP contribution in [0.1, 0.15) is 11.4 Å². The van der Waals surface area contributed by atoms with Gasteiger partial charge in [-0.1, -0.05) is 6.07 Å². The van der Waals surface area contributed by atoms with E-state index in [1.54, 1.807) is 4.57 Å². The Morgan fingerprint density at radius 3 is 2.67 bits per heavy atom. The zero-order valence-electron chi connectivity index (χ0n) is 11.0. The highest BCUT2D eigenvalue weighted by atomic mass is 79.9. The number of imidazole rings is 1. The number of halogens is 4. The van der Waals surface area contributed by atoms with Gasteiger partial charge in [0.15, 0.2) is 11.6 Å². The molecule has 0 N–H and O–H groups in total. The van der Waals surface area contributed by atoms with E-state index in [0.29, 0.717) is 17.0 Å². The molecule has 0 fully saturated rings. The van der Waals surface area contributed by atoms with Crippen LogP contribution < -0.4 is 0 Å². The summed E-state index contributed by atoms with van der Waals surface area (Å²) in [5.41, 5.74) is 2.18. The molecular formula is C15H10BrClF2N2. The number of hydrogen-bond acceptors (Lipinski definition) is 1. The molecule has 0 atom stereocenters. The zero-order valence-corrected chi connectivity index (χ0v) is 13.3. The maximum atomic E-state index is 14.2. The second-order valence-corrected chi connectivity index (χ2v) is 5.80. The lowest BCUT2D eigenvalue weighted by Crippen LogP contribution is -2.02. The van der Waals surface area contributed by atoms with E-state index < -0.39 is 11.6 Å². The number of fused-ring (bicyclic) bond motifs is 1. The number of hydrogen-bond donors (Lipinski definition) is 0. The van der Waals surface area contributed by atoms with E-state index in [2.05, 4.69) is 20.9 Å². The number of aryl methyl sites for hydroxylation is 1. The summed E-state index contributed by atoms with van der Waals surface area (Å²) in [6.45, 7) is 1.95. The molecule has 0 aliphatic carbocycles. The van der Waals surface area contributed by atoms with Gasteiger partial charge in [0.2, 0.25) is 0 Å². The van der Waals surface area contributed by atoms with Crippen LogP contribution in [-0.2, 0) is 5.88 Å². The molecule has 0 bridgehead atoms. The van der Waals surface area contributed by atoms with E-state index in [4.69, 9.17) is 11.6 Å². The lowest BCUT2D eigenvalue weighted by atomic mass is 10.2. The summed E-state index contributed by atoms with van der Waals surface area (Å²) in [7, 11) is 0. The first-order valence-electron chi connectivity index (χ1n) is 6.20. The molecule has 0 radical (unpaired) electrons. The predicted octanol–water partition coefficient (Wildman–Crippen LogP) is 5.11. The molecule has 0 aliphatic heterocycles. The SMILES string of the molecule is Cc1ccc(-n2c(CCl)nc3ccc(F)c(F)c32)c(Br)c1. The molecule has 2 nitrogen and oxygen atoms in total. The van der Waals surface area contributed by atoms with Crippen molar-refractivity contribution in [2.45, 2.75) is 12.8 Å². The maximum Gasteiger partial charge on any atom is 0.185 e. The second-order valence-electron chi connectivity index (χ2n) is 4.68. The maximum absolute atomic E-state index is 14.2. The molecule has 1 heterocycles. The molecule has 0 saturated carbocycles. The molecule has 0 saturated heterocycles. The molecule has 21 heavy (non-hydrogen) atoms. The summed E-state index contributed by atoms with van der Waals surface area (Å²) in [5, 5.41) is 0. The highest BCUT2D eigenvalue weighted by Gasteiger charge is 2.19. The van der Waals surface area contributed by atoms with Crippen LogP contribution in [0.3, 0.4) is 0 Å². The Hall–Kier alpha value is -1.46. The zero-order chi connectivity index (χ0) is 15.1. The first-order chi connectivity index (χ1) is 10.0. The Morgan fingerprint density at radius 1 is 1.24 bits per heavy atom. The molecule has 3 rings (SSSR count). The molecule has 0 aliphatic rings. The lowest BCUT2D eigenvalue weighted by molar-refractivity contribution is 0.514. The fourth-order valence-electron chi connectivity index (χ4n) is 2.29. The Morgan fingerprint density at radius 2 is 2.00 bits per heavy atom. The topological polar surface area (TPSA) is 17.8 Å². The third kappa shape index (κ3) is 2.34. The Kier molecular flexibility index (Phi) is 3.71. The molecule has 2 aromatic carbocycles. The summed E-state index contributed by atoms with van der Waals surface area (Å²) >= 11 is 9.37. The number of benzene rings is 2. The van der Waals surface area contributed by atoms with E-state index in [1.165, 1.54) is 6.07 Å². The fourth-order valence-corrected chi connectivity index (χ4v) is 3.14. The normalized spacial score (nSPS) is 11.3. The predicted molar refractivity (Wildman–Crippen MR) is 83.0 cm³/mol.